The van der Waals surface area contributed by atoms with E-state index >= 15 is 0 Å². The summed E-state index contributed by atoms with van der Waals surface area (Å²) in [6, 6.07) is 11.5. The van der Waals surface area contributed by atoms with E-state index in [2.05, 4.69) is 0 Å². The molecule has 140 valence electrons. The first-order chi connectivity index (χ1) is 12.9. The highest BCUT2D eigenvalue weighted by Gasteiger charge is 2.18. The molecule has 2 aromatic carbocycles. The van der Waals surface area contributed by atoms with E-state index in [1.54, 1.807) is 42.5 Å². The molecule has 0 radical (unpaired) electrons. The van der Waals surface area contributed by atoms with Crippen molar-refractivity contribution in [3.63, 3.8) is 0 Å². The molecular weight excluding hydrogens is 392 g/mol. The SMILES string of the molecule is COc1ccc2c(c1)c(CC(=O)N[SH](=O)=O)cn2C(=O)c1ccc(Cl)cc1. The van der Waals surface area contributed by atoms with Gasteiger partial charge in [-0.05, 0) is 48.0 Å². The van der Waals surface area contributed by atoms with Gasteiger partial charge in [0.15, 0.2) is 0 Å². The molecule has 3 rings (SSSR count). The molecule has 0 atom stereocenters. The third kappa shape index (κ3) is 4.12. The van der Waals surface area contributed by atoms with Gasteiger partial charge in [0, 0.05) is 22.2 Å². The van der Waals surface area contributed by atoms with Crippen LogP contribution in [0.3, 0.4) is 0 Å². The lowest BCUT2D eigenvalue weighted by atomic mass is 10.1. The van der Waals surface area contributed by atoms with Crippen LogP contribution in [0.1, 0.15) is 15.9 Å². The van der Waals surface area contributed by atoms with Gasteiger partial charge < -0.3 is 4.74 Å². The maximum atomic E-state index is 12.9. The van der Waals surface area contributed by atoms with Crippen molar-refractivity contribution in [2.24, 2.45) is 0 Å². The number of rotatable bonds is 5. The molecule has 3 aromatic rings. The molecule has 0 bridgehead atoms. The summed E-state index contributed by atoms with van der Waals surface area (Å²) in [5.41, 5.74) is 1.50. The second kappa shape index (κ2) is 7.81. The quantitative estimate of drug-likeness (QED) is 0.633. The van der Waals surface area contributed by atoms with Crippen LogP contribution in [0, 0.1) is 0 Å². The Balaban J connectivity index is 2.08. The lowest BCUT2D eigenvalue weighted by Gasteiger charge is -2.05. The Bertz CT molecular complexity index is 1090. The van der Waals surface area contributed by atoms with E-state index < -0.39 is 16.8 Å². The van der Waals surface area contributed by atoms with E-state index in [-0.39, 0.29) is 12.3 Å². The number of hydrogen-bond acceptors (Lipinski definition) is 5. The van der Waals surface area contributed by atoms with E-state index in [0.717, 1.165) is 0 Å². The predicted molar refractivity (Wildman–Crippen MR) is 102 cm³/mol. The number of carbonyl (C=O) groups excluding carboxylic acids is 2. The number of benzene rings is 2. The van der Waals surface area contributed by atoms with Crippen LogP contribution in [0.25, 0.3) is 10.9 Å². The molecule has 1 amide bonds. The number of halogens is 1. The topological polar surface area (TPSA) is 94.5 Å². The van der Waals surface area contributed by atoms with Crippen LogP contribution in [-0.2, 0) is 22.1 Å². The highest BCUT2D eigenvalue weighted by atomic mass is 35.5. The average molecular weight is 407 g/mol. The number of amides is 1. The molecule has 0 aliphatic heterocycles. The first-order valence-corrected chi connectivity index (χ1v) is 9.36. The van der Waals surface area contributed by atoms with Crippen LogP contribution >= 0.6 is 11.6 Å². The van der Waals surface area contributed by atoms with Crippen LogP contribution < -0.4 is 9.46 Å². The summed E-state index contributed by atoms with van der Waals surface area (Å²) in [7, 11) is -1.54. The van der Waals surface area contributed by atoms with Gasteiger partial charge in [0.25, 0.3) is 5.91 Å². The van der Waals surface area contributed by atoms with Gasteiger partial charge in [-0.3, -0.25) is 18.9 Å². The monoisotopic (exact) mass is 406 g/mol. The lowest BCUT2D eigenvalue weighted by molar-refractivity contribution is -0.118. The van der Waals surface area contributed by atoms with Gasteiger partial charge in [0.1, 0.15) is 5.75 Å². The van der Waals surface area contributed by atoms with Crippen LogP contribution in [0.15, 0.2) is 48.7 Å². The summed E-state index contributed by atoms with van der Waals surface area (Å²) in [4.78, 5) is 24.8. The minimum Gasteiger partial charge on any atom is -0.497 e. The summed E-state index contributed by atoms with van der Waals surface area (Å²) in [6.45, 7) is 0. The maximum Gasteiger partial charge on any atom is 0.262 e. The van der Waals surface area contributed by atoms with Crippen LogP contribution in [0.4, 0.5) is 0 Å². The van der Waals surface area contributed by atoms with Gasteiger partial charge in [0.05, 0.1) is 19.0 Å². The van der Waals surface area contributed by atoms with Crippen LogP contribution in [0.5, 0.6) is 5.75 Å². The minimum absolute atomic E-state index is 0.201. The van der Waals surface area contributed by atoms with Crippen molar-refractivity contribution in [2.75, 3.05) is 7.11 Å². The molecule has 1 aromatic heterocycles. The Morgan fingerprint density at radius 1 is 1.15 bits per heavy atom. The Morgan fingerprint density at radius 3 is 2.48 bits per heavy atom. The van der Waals surface area contributed by atoms with E-state index in [9.17, 15) is 18.0 Å². The number of nitrogens with one attached hydrogen (secondary N) is 1. The highest BCUT2D eigenvalue weighted by Crippen LogP contribution is 2.27. The van der Waals surface area contributed by atoms with Crippen molar-refractivity contribution >= 4 is 45.2 Å². The van der Waals surface area contributed by atoms with E-state index in [0.29, 0.717) is 32.8 Å². The molecule has 0 aliphatic rings. The second-order valence-electron chi connectivity index (χ2n) is 5.69. The summed E-state index contributed by atoms with van der Waals surface area (Å²) < 4.78 is 29.9. The van der Waals surface area contributed by atoms with Gasteiger partial charge in [-0.1, -0.05) is 11.6 Å². The third-order valence-corrected chi connectivity index (χ3v) is 4.66. The number of ether oxygens (including phenoxy) is 1. The maximum absolute atomic E-state index is 12.9. The smallest absolute Gasteiger partial charge is 0.262 e. The molecule has 7 nitrogen and oxygen atoms in total. The van der Waals surface area contributed by atoms with E-state index in [4.69, 9.17) is 16.3 Å². The molecule has 0 fully saturated rings. The van der Waals surface area contributed by atoms with Crippen molar-refractivity contribution < 1.29 is 22.7 Å². The fraction of sp³-hybridized carbons (Fsp3) is 0.111. The largest absolute Gasteiger partial charge is 0.497 e. The lowest BCUT2D eigenvalue weighted by Crippen LogP contribution is -2.23. The number of aromatic nitrogens is 1. The average Bonchev–Trinajstić information content (AvgIpc) is 2.98. The summed E-state index contributed by atoms with van der Waals surface area (Å²) in [6.07, 6.45) is 1.33. The van der Waals surface area contributed by atoms with Gasteiger partial charge in [0.2, 0.25) is 16.8 Å². The van der Waals surface area contributed by atoms with Crippen LogP contribution in [-0.4, -0.2) is 31.9 Å². The Labute approximate surface area is 161 Å². The molecule has 1 N–H and O–H groups in total. The van der Waals surface area contributed by atoms with E-state index in [1.807, 2.05) is 4.72 Å². The Hall–Kier alpha value is -2.84. The molecular formula is C18H15ClN2O5S. The molecule has 0 spiro atoms. The summed E-state index contributed by atoms with van der Waals surface area (Å²) >= 11 is 5.87. The molecule has 0 aliphatic carbocycles. The van der Waals surface area contributed by atoms with Gasteiger partial charge >= 0.3 is 0 Å². The summed E-state index contributed by atoms with van der Waals surface area (Å²) in [5.74, 6) is -0.439. The molecule has 0 unspecified atom stereocenters. The first kappa shape index (κ1) is 18.9. The number of carbonyl (C=O) groups is 2. The first-order valence-electron chi connectivity index (χ1n) is 7.81. The van der Waals surface area contributed by atoms with Crippen molar-refractivity contribution in [1.29, 1.82) is 0 Å². The summed E-state index contributed by atoms with van der Waals surface area (Å²) in [5, 5.41) is 1.13. The number of hydrogen-bond donors (Lipinski definition) is 2. The fourth-order valence-electron chi connectivity index (χ4n) is 2.76. The normalized spacial score (nSPS) is 10.9. The minimum atomic E-state index is -3.04. The van der Waals surface area contributed by atoms with E-state index in [1.165, 1.54) is 17.9 Å². The van der Waals surface area contributed by atoms with Crippen molar-refractivity contribution in [1.82, 2.24) is 9.29 Å². The third-order valence-electron chi connectivity index (χ3n) is 3.97. The van der Waals surface area contributed by atoms with Crippen molar-refractivity contribution in [3.8, 4) is 5.75 Å². The number of nitrogens with zero attached hydrogens (tertiary/aromatic N) is 1. The Morgan fingerprint density at radius 2 is 1.85 bits per heavy atom. The van der Waals surface area contributed by atoms with Gasteiger partial charge in [-0.15, -0.1) is 0 Å². The number of thiol groups is 1. The van der Waals surface area contributed by atoms with Gasteiger partial charge in [-0.25, -0.2) is 8.42 Å². The molecule has 9 heteroatoms. The zero-order valence-electron chi connectivity index (χ0n) is 14.1. The second-order valence-corrected chi connectivity index (χ2v) is 6.86. The molecule has 27 heavy (non-hydrogen) atoms. The fourth-order valence-corrected chi connectivity index (χ4v) is 3.17. The Kier molecular flexibility index (Phi) is 5.48. The zero-order valence-corrected chi connectivity index (χ0v) is 15.8. The molecule has 0 saturated carbocycles. The molecule has 0 saturated heterocycles. The molecule has 1 heterocycles. The zero-order chi connectivity index (χ0) is 19.6. The van der Waals surface area contributed by atoms with Gasteiger partial charge in [-0.2, -0.15) is 0 Å². The number of methoxy groups -OCH3 is 1. The highest BCUT2D eigenvalue weighted by molar-refractivity contribution is 7.71. The van der Waals surface area contributed by atoms with Crippen molar-refractivity contribution in [3.05, 3.63) is 64.8 Å². The number of fused-ring (bicyclic) bond motifs is 1. The van der Waals surface area contributed by atoms with Crippen LogP contribution in [0.2, 0.25) is 5.02 Å². The van der Waals surface area contributed by atoms with Crippen molar-refractivity contribution in [2.45, 2.75) is 6.42 Å². The predicted octanol–water partition coefficient (Wildman–Crippen LogP) is 2.18. The standard InChI is InChI=1S/C18H15ClN2O5S/c1-26-14-6-7-16-15(9-14)12(8-17(22)20-27(24)25)10-21(16)18(23)11-2-4-13(19)5-3-11/h2-7,9-10,27H,8H2,1H3,(H,20,22,24,25).